The van der Waals surface area contributed by atoms with Crippen LogP contribution >= 0.6 is 15.9 Å². The molecule has 0 bridgehead atoms. The minimum atomic E-state index is -0.447. The third-order valence-corrected chi connectivity index (χ3v) is 7.17. The molecule has 200 valence electrons. The van der Waals surface area contributed by atoms with Crippen molar-refractivity contribution in [1.29, 1.82) is 0 Å². The number of halogens is 2. The van der Waals surface area contributed by atoms with Gasteiger partial charge in [-0.1, -0.05) is 53.5 Å². The molecule has 0 N–H and O–H groups in total. The summed E-state index contributed by atoms with van der Waals surface area (Å²) in [6, 6.07) is 16.7. The molecule has 3 heterocycles. The summed E-state index contributed by atoms with van der Waals surface area (Å²) in [5.41, 5.74) is 4.26. The topological polar surface area (TPSA) is 85.4 Å². The molecule has 10 heteroatoms. The number of nitrogens with zero attached hydrogens (tertiary/aromatic N) is 6. The molecule has 8 nitrogen and oxygen atoms in total. The number of rotatable bonds is 7. The Labute approximate surface area is 233 Å². The summed E-state index contributed by atoms with van der Waals surface area (Å²) < 4.78 is 17.6. The van der Waals surface area contributed by atoms with Crippen molar-refractivity contribution < 1.29 is 9.18 Å². The average molecular weight is 591 g/mol. The van der Waals surface area contributed by atoms with Gasteiger partial charge in [-0.3, -0.25) is 14.2 Å². The first-order valence-corrected chi connectivity index (χ1v) is 13.6. The van der Waals surface area contributed by atoms with Crippen LogP contribution in [0.3, 0.4) is 0 Å². The van der Waals surface area contributed by atoms with Crippen LogP contribution in [-0.2, 0) is 17.8 Å². The summed E-state index contributed by atoms with van der Waals surface area (Å²) in [6.07, 6.45) is 1.91. The second kappa shape index (κ2) is 11.1. The number of carbonyl (C=O) groups is 1. The molecule has 1 unspecified atom stereocenters. The number of hydrogen-bond donors (Lipinski definition) is 0. The largest absolute Gasteiger partial charge is 0.271 e. The molecular weight excluding hydrogens is 563 g/mol. The van der Waals surface area contributed by atoms with Gasteiger partial charge >= 0.3 is 0 Å². The second-order valence-electron chi connectivity index (χ2n) is 9.62. The number of hydrogen-bond acceptors (Lipinski definition) is 5. The van der Waals surface area contributed by atoms with E-state index in [9.17, 15) is 14.0 Å². The van der Waals surface area contributed by atoms with E-state index in [1.165, 1.54) is 27.8 Å². The van der Waals surface area contributed by atoms with Gasteiger partial charge in [0, 0.05) is 28.3 Å². The Hall–Kier alpha value is -3.92. The van der Waals surface area contributed by atoms with Crippen molar-refractivity contribution in [2.24, 2.45) is 5.10 Å². The zero-order valence-electron chi connectivity index (χ0n) is 21.9. The molecule has 5 rings (SSSR count). The quantitative estimate of drug-likeness (QED) is 0.293. The van der Waals surface area contributed by atoms with Crippen LogP contribution in [0.15, 0.2) is 75.0 Å². The van der Waals surface area contributed by atoms with Gasteiger partial charge < -0.3 is 0 Å². The maximum absolute atomic E-state index is 13.9. The minimum absolute atomic E-state index is 0.277. The molecule has 39 heavy (non-hydrogen) atoms. The van der Waals surface area contributed by atoms with Crippen molar-refractivity contribution in [2.45, 2.75) is 52.6 Å². The first-order valence-electron chi connectivity index (χ1n) is 12.8. The lowest BCUT2D eigenvalue weighted by Crippen LogP contribution is -2.36. The highest BCUT2D eigenvalue weighted by Crippen LogP contribution is 2.33. The van der Waals surface area contributed by atoms with Crippen molar-refractivity contribution in [3.05, 3.63) is 110 Å². The number of amides is 1. The molecule has 1 amide bonds. The average Bonchev–Trinajstić information content (AvgIpc) is 3.49. The van der Waals surface area contributed by atoms with Crippen LogP contribution in [0.5, 0.6) is 0 Å². The maximum atomic E-state index is 13.9. The summed E-state index contributed by atoms with van der Waals surface area (Å²) in [5.74, 6) is -0.450. The zero-order chi connectivity index (χ0) is 27.7. The zero-order valence-corrected chi connectivity index (χ0v) is 23.5. The summed E-state index contributed by atoms with van der Waals surface area (Å²) in [6.45, 7) is 5.48. The summed E-state index contributed by atoms with van der Waals surface area (Å²) in [7, 11) is 0. The Morgan fingerprint density at radius 3 is 2.44 bits per heavy atom. The Kier molecular flexibility index (Phi) is 7.56. The fourth-order valence-corrected chi connectivity index (χ4v) is 5.04. The lowest BCUT2D eigenvalue weighted by molar-refractivity contribution is -0.133. The van der Waals surface area contributed by atoms with Crippen LogP contribution in [0.2, 0.25) is 0 Å². The number of aromatic nitrogens is 4. The van der Waals surface area contributed by atoms with E-state index in [1.807, 2.05) is 51.1 Å². The summed E-state index contributed by atoms with van der Waals surface area (Å²) >= 11 is 3.45. The predicted molar refractivity (Wildman–Crippen MR) is 150 cm³/mol. The van der Waals surface area contributed by atoms with Gasteiger partial charge in [-0.15, -0.1) is 0 Å². The lowest BCUT2D eigenvalue weighted by atomic mass is 9.98. The van der Waals surface area contributed by atoms with E-state index in [0.29, 0.717) is 24.5 Å². The molecule has 1 aliphatic heterocycles. The van der Waals surface area contributed by atoms with Crippen LogP contribution in [0.4, 0.5) is 4.39 Å². The standard InChI is InChI=1S/C29H28BrFN6O2/c1-4-5-24-15-27(38)35(29(32-24)36-19(3)14-18(2)33-36)17-28(39)37-26(21-8-12-23(31)13-9-21)16-25(34-37)20-6-10-22(30)11-7-20/h6-15,26H,4-5,16-17H2,1-3H3. The van der Waals surface area contributed by atoms with Crippen LogP contribution in [-0.4, -0.2) is 36.0 Å². The molecule has 0 saturated heterocycles. The van der Waals surface area contributed by atoms with Crippen LogP contribution in [0, 0.1) is 19.7 Å². The molecule has 1 aliphatic rings. The van der Waals surface area contributed by atoms with Crippen LogP contribution in [0.25, 0.3) is 5.95 Å². The van der Waals surface area contributed by atoms with E-state index in [1.54, 1.807) is 16.8 Å². The molecule has 0 spiro atoms. The Morgan fingerprint density at radius 1 is 1.08 bits per heavy atom. The molecule has 4 aromatic rings. The fraction of sp³-hybridized carbons (Fsp3) is 0.276. The molecule has 2 aromatic heterocycles. The Morgan fingerprint density at radius 2 is 1.79 bits per heavy atom. The third-order valence-electron chi connectivity index (χ3n) is 6.64. The van der Waals surface area contributed by atoms with Crippen molar-refractivity contribution in [1.82, 2.24) is 24.3 Å². The minimum Gasteiger partial charge on any atom is -0.271 e. The highest BCUT2D eigenvalue weighted by molar-refractivity contribution is 9.10. The number of hydrazone groups is 1. The fourth-order valence-electron chi connectivity index (χ4n) is 4.78. The van der Waals surface area contributed by atoms with Crippen LogP contribution in [0.1, 0.15) is 54.0 Å². The van der Waals surface area contributed by atoms with Gasteiger partial charge in [-0.25, -0.2) is 19.1 Å². The Balaban J connectivity index is 1.55. The van der Waals surface area contributed by atoms with Gasteiger partial charge in [0.05, 0.1) is 17.4 Å². The monoisotopic (exact) mass is 590 g/mol. The molecule has 0 saturated carbocycles. The normalized spacial score (nSPS) is 15.1. The van der Waals surface area contributed by atoms with Crippen LogP contribution < -0.4 is 5.56 Å². The van der Waals surface area contributed by atoms with Gasteiger partial charge in [-0.05, 0) is 61.7 Å². The maximum Gasteiger partial charge on any atom is 0.263 e. The summed E-state index contributed by atoms with van der Waals surface area (Å²) in [5, 5.41) is 10.6. The highest BCUT2D eigenvalue weighted by atomic mass is 79.9. The molecule has 0 radical (unpaired) electrons. The molecule has 0 fully saturated rings. The second-order valence-corrected chi connectivity index (χ2v) is 10.5. The van der Waals surface area contributed by atoms with E-state index in [0.717, 1.165) is 39.1 Å². The van der Waals surface area contributed by atoms with Crippen molar-refractivity contribution in [2.75, 3.05) is 0 Å². The van der Waals surface area contributed by atoms with Gasteiger partial charge in [0.1, 0.15) is 12.4 Å². The molecular formula is C29H28BrFN6O2. The van der Waals surface area contributed by atoms with Gasteiger partial charge in [0.25, 0.3) is 11.5 Å². The van der Waals surface area contributed by atoms with Gasteiger partial charge in [0.15, 0.2) is 0 Å². The third kappa shape index (κ3) is 5.61. The Bertz CT molecular complexity index is 1610. The predicted octanol–water partition coefficient (Wildman–Crippen LogP) is 5.28. The first-order chi connectivity index (χ1) is 18.7. The lowest BCUT2D eigenvalue weighted by Gasteiger charge is -2.23. The van der Waals surface area contributed by atoms with Crippen molar-refractivity contribution >= 4 is 27.5 Å². The van der Waals surface area contributed by atoms with E-state index in [4.69, 9.17) is 10.1 Å². The smallest absolute Gasteiger partial charge is 0.263 e. The van der Waals surface area contributed by atoms with E-state index >= 15 is 0 Å². The molecule has 2 aromatic carbocycles. The highest BCUT2D eigenvalue weighted by Gasteiger charge is 2.34. The van der Waals surface area contributed by atoms with E-state index in [2.05, 4.69) is 21.0 Å². The first kappa shape index (κ1) is 26.7. The van der Waals surface area contributed by atoms with Crippen molar-refractivity contribution in [3.63, 3.8) is 0 Å². The SMILES string of the molecule is CCCc1cc(=O)n(CC(=O)N2N=C(c3ccc(Br)cc3)CC2c2ccc(F)cc2)c(-n2nc(C)cc2C)n1. The van der Waals surface area contributed by atoms with Crippen molar-refractivity contribution in [3.8, 4) is 5.95 Å². The number of aryl methyl sites for hydroxylation is 3. The van der Waals surface area contributed by atoms with Gasteiger partial charge in [0.2, 0.25) is 5.95 Å². The van der Waals surface area contributed by atoms with E-state index in [-0.39, 0.29) is 23.8 Å². The number of carbonyl (C=O) groups excluding carboxylic acids is 1. The van der Waals surface area contributed by atoms with E-state index < -0.39 is 6.04 Å². The summed E-state index contributed by atoms with van der Waals surface area (Å²) in [4.78, 5) is 31.9. The molecule has 1 atom stereocenters. The molecule has 0 aliphatic carbocycles. The van der Waals surface area contributed by atoms with Gasteiger partial charge in [-0.2, -0.15) is 10.2 Å². The number of benzene rings is 2.